The van der Waals surface area contributed by atoms with E-state index in [0.717, 1.165) is 0 Å². The smallest absolute Gasteiger partial charge is 0.326 e. The van der Waals surface area contributed by atoms with Gasteiger partial charge in [0.2, 0.25) is 0 Å². The highest BCUT2D eigenvalue weighted by Gasteiger charge is 2.20. The highest BCUT2D eigenvalue weighted by molar-refractivity contribution is 5.96. The van der Waals surface area contributed by atoms with E-state index in [1.807, 2.05) is 12.1 Å². The number of benzene rings is 1. The van der Waals surface area contributed by atoms with E-state index in [1.165, 1.54) is 24.3 Å². The second-order valence-electron chi connectivity index (χ2n) is 3.75. The lowest BCUT2D eigenvalue weighted by atomic mass is 10.1. The van der Waals surface area contributed by atoms with Crippen LogP contribution in [-0.4, -0.2) is 23.0 Å². The van der Waals surface area contributed by atoms with Gasteiger partial charge in [0.1, 0.15) is 6.04 Å². The lowest BCUT2D eigenvalue weighted by Crippen LogP contribution is -2.40. The van der Waals surface area contributed by atoms with Crippen molar-refractivity contribution in [3.8, 4) is 12.1 Å². The Hall–Kier alpha value is -2.86. The van der Waals surface area contributed by atoms with Gasteiger partial charge in [-0.2, -0.15) is 10.5 Å². The van der Waals surface area contributed by atoms with Gasteiger partial charge in [-0.05, 0) is 30.7 Å². The summed E-state index contributed by atoms with van der Waals surface area (Å²) in [6, 6.07) is 8.48. The summed E-state index contributed by atoms with van der Waals surface area (Å²) < 4.78 is 0. The van der Waals surface area contributed by atoms with Crippen LogP contribution in [0.3, 0.4) is 0 Å². The van der Waals surface area contributed by atoms with Crippen molar-refractivity contribution in [1.82, 2.24) is 5.32 Å². The minimum atomic E-state index is -1.18. The van der Waals surface area contributed by atoms with Crippen LogP contribution in [0.1, 0.15) is 28.8 Å². The molecule has 6 nitrogen and oxygen atoms in total. The fourth-order valence-electron chi connectivity index (χ4n) is 1.40. The van der Waals surface area contributed by atoms with E-state index < -0.39 is 17.9 Å². The number of hydrogen-bond acceptors (Lipinski definition) is 4. The van der Waals surface area contributed by atoms with Crippen molar-refractivity contribution in [2.75, 3.05) is 0 Å². The van der Waals surface area contributed by atoms with E-state index in [-0.39, 0.29) is 18.4 Å². The molecule has 0 spiro atoms. The van der Waals surface area contributed by atoms with Gasteiger partial charge in [-0.25, -0.2) is 4.79 Å². The summed E-state index contributed by atoms with van der Waals surface area (Å²) in [5.41, 5.74) is 0.679. The summed E-state index contributed by atoms with van der Waals surface area (Å²) in [4.78, 5) is 22.7. The number of rotatable bonds is 5. The molecule has 0 unspecified atom stereocenters. The van der Waals surface area contributed by atoms with E-state index in [2.05, 4.69) is 5.32 Å². The molecule has 0 fully saturated rings. The summed E-state index contributed by atoms with van der Waals surface area (Å²) in [5, 5.41) is 28.3. The molecular weight excluding hydrogens is 246 g/mol. The molecule has 1 aromatic carbocycles. The van der Waals surface area contributed by atoms with Crippen molar-refractivity contribution in [3.05, 3.63) is 35.4 Å². The summed E-state index contributed by atoms with van der Waals surface area (Å²) in [7, 11) is 0. The molecule has 2 N–H and O–H groups in total. The molecule has 6 heteroatoms. The summed E-state index contributed by atoms with van der Waals surface area (Å²) in [6.07, 6.45) is 0.0957. The van der Waals surface area contributed by atoms with Gasteiger partial charge in [0.05, 0.1) is 17.7 Å². The van der Waals surface area contributed by atoms with Crippen molar-refractivity contribution >= 4 is 11.9 Å². The van der Waals surface area contributed by atoms with E-state index in [9.17, 15) is 9.59 Å². The molecule has 0 aliphatic heterocycles. The van der Waals surface area contributed by atoms with E-state index >= 15 is 0 Å². The third kappa shape index (κ3) is 4.14. The van der Waals surface area contributed by atoms with E-state index in [0.29, 0.717) is 5.56 Å². The summed E-state index contributed by atoms with van der Waals surface area (Å²) >= 11 is 0. The van der Waals surface area contributed by atoms with Gasteiger partial charge in [0.25, 0.3) is 5.91 Å². The molecule has 1 aromatic rings. The average molecular weight is 257 g/mol. The number of nitrogens with zero attached hydrogens (tertiary/aromatic N) is 2. The summed E-state index contributed by atoms with van der Waals surface area (Å²) in [5.74, 6) is -1.73. The van der Waals surface area contributed by atoms with Gasteiger partial charge in [0, 0.05) is 12.0 Å². The number of carbonyl (C=O) groups excluding carboxylic acids is 1. The minimum absolute atomic E-state index is 0.0462. The molecule has 0 aromatic heterocycles. The Morgan fingerprint density at radius 3 is 2.37 bits per heavy atom. The van der Waals surface area contributed by atoms with Crippen molar-refractivity contribution in [3.63, 3.8) is 0 Å². The molecule has 0 aliphatic rings. The van der Waals surface area contributed by atoms with Crippen molar-refractivity contribution in [2.45, 2.75) is 18.9 Å². The van der Waals surface area contributed by atoms with Crippen molar-refractivity contribution in [2.24, 2.45) is 0 Å². The fourth-order valence-corrected chi connectivity index (χ4v) is 1.40. The molecule has 1 rings (SSSR count). The third-order valence-electron chi connectivity index (χ3n) is 2.42. The fraction of sp³-hybridized carbons (Fsp3) is 0.231. The van der Waals surface area contributed by atoms with Crippen LogP contribution in [0.4, 0.5) is 0 Å². The van der Waals surface area contributed by atoms with Gasteiger partial charge >= 0.3 is 5.97 Å². The number of carboxylic acids is 1. The Bertz CT molecular complexity index is 552. The van der Waals surface area contributed by atoms with Crippen LogP contribution in [-0.2, 0) is 4.79 Å². The summed E-state index contributed by atoms with van der Waals surface area (Å²) in [6.45, 7) is 0. The van der Waals surface area contributed by atoms with Crippen molar-refractivity contribution < 1.29 is 14.7 Å². The highest BCUT2D eigenvalue weighted by atomic mass is 16.4. The van der Waals surface area contributed by atoms with Crippen molar-refractivity contribution in [1.29, 1.82) is 10.5 Å². The molecule has 96 valence electrons. The lowest BCUT2D eigenvalue weighted by Gasteiger charge is -2.12. The zero-order chi connectivity index (χ0) is 14.3. The quantitative estimate of drug-likeness (QED) is 0.818. The van der Waals surface area contributed by atoms with E-state index in [1.54, 1.807) is 0 Å². The van der Waals surface area contributed by atoms with Crippen LogP contribution in [0.2, 0.25) is 0 Å². The first-order valence-electron chi connectivity index (χ1n) is 5.49. The molecule has 0 saturated heterocycles. The molecular formula is C13H11N3O3. The topological polar surface area (TPSA) is 114 Å². The maximum Gasteiger partial charge on any atom is 0.326 e. The molecule has 1 amide bonds. The van der Waals surface area contributed by atoms with Crippen LogP contribution in [0, 0.1) is 22.7 Å². The Kier molecular flexibility index (Phi) is 5.06. The van der Waals surface area contributed by atoms with Gasteiger partial charge in [0.15, 0.2) is 0 Å². The van der Waals surface area contributed by atoms with E-state index in [4.69, 9.17) is 15.6 Å². The monoisotopic (exact) mass is 257 g/mol. The average Bonchev–Trinajstić information content (AvgIpc) is 2.43. The van der Waals surface area contributed by atoms with Crippen LogP contribution >= 0.6 is 0 Å². The maximum atomic E-state index is 11.8. The number of nitriles is 2. The number of carbonyl (C=O) groups is 2. The SMILES string of the molecule is N#CCC[C@H](NC(=O)c1ccc(C#N)cc1)C(=O)O. The highest BCUT2D eigenvalue weighted by Crippen LogP contribution is 2.05. The number of carboxylic acid groups (broad SMARTS) is 1. The number of amides is 1. The Morgan fingerprint density at radius 1 is 1.26 bits per heavy atom. The zero-order valence-electron chi connectivity index (χ0n) is 9.96. The zero-order valence-corrected chi connectivity index (χ0v) is 9.96. The van der Waals surface area contributed by atoms with Gasteiger partial charge < -0.3 is 10.4 Å². The Morgan fingerprint density at radius 2 is 1.89 bits per heavy atom. The normalized spacial score (nSPS) is 10.8. The molecule has 19 heavy (non-hydrogen) atoms. The molecule has 0 bridgehead atoms. The van der Waals surface area contributed by atoms with Gasteiger partial charge in [-0.3, -0.25) is 4.79 Å². The number of hydrogen-bond donors (Lipinski definition) is 2. The first-order chi connectivity index (χ1) is 9.08. The number of aliphatic carboxylic acids is 1. The van der Waals surface area contributed by atoms with Crippen LogP contribution in [0.15, 0.2) is 24.3 Å². The predicted molar refractivity (Wildman–Crippen MR) is 64.9 cm³/mol. The molecule has 0 radical (unpaired) electrons. The van der Waals surface area contributed by atoms with Gasteiger partial charge in [-0.1, -0.05) is 0 Å². The third-order valence-corrected chi connectivity index (χ3v) is 2.42. The molecule has 0 saturated carbocycles. The Balaban J connectivity index is 2.73. The maximum absolute atomic E-state index is 11.8. The molecule has 0 heterocycles. The first kappa shape index (κ1) is 14.2. The Labute approximate surface area is 109 Å². The van der Waals surface area contributed by atoms with Crippen LogP contribution < -0.4 is 5.32 Å². The number of nitrogens with one attached hydrogen (secondary N) is 1. The van der Waals surface area contributed by atoms with Gasteiger partial charge in [-0.15, -0.1) is 0 Å². The second kappa shape index (κ2) is 6.77. The molecule has 0 aliphatic carbocycles. The van der Waals surface area contributed by atoms with Crippen LogP contribution in [0.5, 0.6) is 0 Å². The predicted octanol–water partition coefficient (Wildman–Crippen LogP) is 1.05. The van der Waals surface area contributed by atoms with Crippen LogP contribution in [0.25, 0.3) is 0 Å². The lowest BCUT2D eigenvalue weighted by molar-refractivity contribution is -0.139. The second-order valence-corrected chi connectivity index (χ2v) is 3.75. The first-order valence-corrected chi connectivity index (χ1v) is 5.49. The largest absolute Gasteiger partial charge is 0.480 e. The minimum Gasteiger partial charge on any atom is -0.480 e. The molecule has 1 atom stereocenters. The standard InChI is InChI=1S/C13H11N3O3/c14-7-1-2-11(13(18)19)16-12(17)10-5-3-9(8-15)4-6-10/h3-6,11H,1-2H2,(H,16,17)(H,18,19)/t11-/m0/s1.